The molecular weight excluding hydrogens is 275 g/mol. The topological polar surface area (TPSA) is 66.6 Å². The van der Waals surface area contributed by atoms with E-state index in [2.05, 4.69) is 0 Å². The Morgan fingerprint density at radius 3 is 2.83 bits per heavy atom. The van der Waals surface area contributed by atoms with Crippen LogP contribution < -0.4 is 5.73 Å². The van der Waals surface area contributed by atoms with Gasteiger partial charge in [-0.15, -0.1) is 0 Å². The first kappa shape index (κ1) is 13.5. The van der Waals surface area contributed by atoms with Crippen molar-refractivity contribution in [3.05, 3.63) is 27.7 Å². The van der Waals surface area contributed by atoms with E-state index < -0.39 is 6.10 Å². The lowest BCUT2D eigenvalue weighted by atomic mass is 10.1. The van der Waals surface area contributed by atoms with Gasteiger partial charge >= 0.3 is 0 Å². The molecule has 1 atom stereocenters. The number of likely N-dealkylation sites (tertiary alicyclic amines) is 1. The number of nitrogen functional groups attached to an aromatic ring is 1. The van der Waals surface area contributed by atoms with E-state index in [4.69, 9.17) is 28.9 Å². The SMILES string of the molecule is Nc1cc(Cl)c(Cl)c(C(=O)N2CCCC(O)C2)c1. The molecule has 1 aromatic rings. The minimum Gasteiger partial charge on any atom is -0.399 e. The number of piperidine rings is 1. The molecule has 6 heteroatoms. The smallest absolute Gasteiger partial charge is 0.255 e. The van der Waals surface area contributed by atoms with Crippen LogP contribution in [0, 0.1) is 0 Å². The largest absolute Gasteiger partial charge is 0.399 e. The zero-order chi connectivity index (χ0) is 13.3. The Bertz CT molecular complexity index is 479. The van der Waals surface area contributed by atoms with Crippen LogP contribution in [0.15, 0.2) is 12.1 Å². The lowest BCUT2D eigenvalue weighted by Crippen LogP contribution is -2.42. The van der Waals surface area contributed by atoms with Crippen LogP contribution in [0.4, 0.5) is 5.69 Å². The maximum absolute atomic E-state index is 12.3. The van der Waals surface area contributed by atoms with Gasteiger partial charge in [-0.2, -0.15) is 0 Å². The second-order valence-electron chi connectivity index (χ2n) is 4.41. The molecule has 1 aromatic carbocycles. The van der Waals surface area contributed by atoms with Gasteiger partial charge in [0.1, 0.15) is 0 Å². The van der Waals surface area contributed by atoms with Crippen LogP contribution in [0.25, 0.3) is 0 Å². The lowest BCUT2D eigenvalue weighted by molar-refractivity contribution is 0.0474. The summed E-state index contributed by atoms with van der Waals surface area (Å²) in [6, 6.07) is 3.02. The number of hydrogen-bond acceptors (Lipinski definition) is 3. The molecule has 0 radical (unpaired) electrons. The van der Waals surface area contributed by atoms with Crippen molar-refractivity contribution >= 4 is 34.8 Å². The first-order valence-corrected chi connectivity index (χ1v) is 6.46. The van der Waals surface area contributed by atoms with Gasteiger partial charge in [0.05, 0.1) is 21.7 Å². The zero-order valence-corrected chi connectivity index (χ0v) is 11.2. The fourth-order valence-corrected chi connectivity index (χ4v) is 2.49. The molecule has 18 heavy (non-hydrogen) atoms. The van der Waals surface area contributed by atoms with Crippen LogP contribution in [0.1, 0.15) is 23.2 Å². The fourth-order valence-electron chi connectivity index (χ4n) is 2.08. The van der Waals surface area contributed by atoms with Gasteiger partial charge in [-0.3, -0.25) is 4.79 Å². The second kappa shape index (κ2) is 5.34. The fraction of sp³-hybridized carbons (Fsp3) is 0.417. The van der Waals surface area contributed by atoms with Gasteiger partial charge in [0, 0.05) is 18.8 Å². The number of aliphatic hydroxyl groups is 1. The van der Waals surface area contributed by atoms with Crippen molar-refractivity contribution < 1.29 is 9.90 Å². The van der Waals surface area contributed by atoms with Crippen molar-refractivity contribution in [2.24, 2.45) is 0 Å². The van der Waals surface area contributed by atoms with E-state index in [1.54, 1.807) is 4.90 Å². The van der Waals surface area contributed by atoms with Crippen LogP contribution in [0.5, 0.6) is 0 Å². The van der Waals surface area contributed by atoms with Crippen molar-refractivity contribution in [3.63, 3.8) is 0 Å². The molecule has 1 aliphatic rings. The normalized spacial score (nSPS) is 19.9. The van der Waals surface area contributed by atoms with Crippen molar-refractivity contribution in [1.29, 1.82) is 0 Å². The minimum atomic E-state index is -0.474. The maximum atomic E-state index is 12.3. The molecule has 1 unspecified atom stereocenters. The Hall–Kier alpha value is -0.970. The summed E-state index contributed by atoms with van der Waals surface area (Å²) in [5.41, 5.74) is 6.34. The van der Waals surface area contributed by atoms with E-state index >= 15 is 0 Å². The first-order chi connectivity index (χ1) is 8.49. The molecule has 1 fully saturated rings. The molecule has 0 aromatic heterocycles. The molecule has 0 spiro atoms. The molecule has 3 N–H and O–H groups in total. The number of anilines is 1. The third kappa shape index (κ3) is 2.71. The zero-order valence-electron chi connectivity index (χ0n) is 9.70. The highest BCUT2D eigenvalue weighted by Gasteiger charge is 2.25. The van der Waals surface area contributed by atoms with Crippen LogP contribution in [-0.4, -0.2) is 35.1 Å². The van der Waals surface area contributed by atoms with Crippen LogP contribution >= 0.6 is 23.2 Å². The predicted molar refractivity (Wildman–Crippen MR) is 72.0 cm³/mol. The molecule has 4 nitrogen and oxygen atoms in total. The summed E-state index contributed by atoms with van der Waals surface area (Å²) in [6.45, 7) is 0.931. The molecule has 98 valence electrons. The number of hydrogen-bond donors (Lipinski definition) is 2. The summed E-state index contributed by atoms with van der Waals surface area (Å²) in [7, 11) is 0. The molecular formula is C12H14Cl2N2O2. The number of β-amino-alcohol motifs (C(OH)–C–C–N with tert-alkyl or cyclic N) is 1. The number of rotatable bonds is 1. The number of benzene rings is 1. The monoisotopic (exact) mass is 288 g/mol. The molecule has 0 saturated carbocycles. The maximum Gasteiger partial charge on any atom is 0.255 e. The van der Waals surface area contributed by atoms with E-state index in [-0.39, 0.29) is 21.5 Å². The number of nitrogens with two attached hydrogens (primary N) is 1. The Labute approximate surface area is 115 Å². The van der Waals surface area contributed by atoms with E-state index in [9.17, 15) is 9.90 Å². The van der Waals surface area contributed by atoms with E-state index in [1.807, 2.05) is 0 Å². The molecule has 0 aliphatic carbocycles. The predicted octanol–water partition coefficient (Wildman–Crippen LogP) is 2.17. The third-order valence-corrected chi connectivity index (χ3v) is 3.77. The number of nitrogens with zero attached hydrogens (tertiary/aromatic N) is 1. The molecule has 2 rings (SSSR count). The average Bonchev–Trinajstić information content (AvgIpc) is 2.33. The first-order valence-electron chi connectivity index (χ1n) is 5.71. The quantitative estimate of drug-likeness (QED) is 0.779. The number of amides is 1. The van der Waals surface area contributed by atoms with Crippen molar-refractivity contribution in [1.82, 2.24) is 4.90 Å². The van der Waals surface area contributed by atoms with Gasteiger partial charge in [0.15, 0.2) is 0 Å². The Balaban J connectivity index is 2.28. The number of carbonyl (C=O) groups excluding carboxylic acids is 1. The summed E-state index contributed by atoms with van der Waals surface area (Å²) in [5.74, 6) is -0.243. The number of aliphatic hydroxyl groups excluding tert-OH is 1. The molecule has 1 aliphatic heterocycles. The number of carbonyl (C=O) groups is 1. The van der Waals surface area contributed by atoms with Gasteiger partial charge in [-0.1, -0.05) is 23.2 Å². The molecule has 1 saturated heterocycles. The van der Waals surface area contributed by atoms with Gasteiger partial charge < -0.3 is 15.7 Å². The van der Waals surface area contributed by atoms with Gasteiger partial charge in [0.2, 0.25) is 0 Å². The van der Waals surface area contributed by atoms with Gasteiger partial charge in [0.25, 0.3) is 5.91 Å². The van der Waals surface area contributed by atoms with Gasteiger partial charge in [-0.05, 0) is 25.0 Å². The summed E-state index contributed by atoms with van der Waals surface area (Å²) in [6.07, 6.45) is 1.02. The van der Waals surface area contributed by atoms with E-state index in [1.165, 1.54) is 12.1 Å². The summed E-state index contributed by atoms with van der Waals surface area (Å²) < 4.78 is 0. The Kier molecular flexibility index (Phi) is 4.00. The molecule has 0 bridgehead atoms. The second-order valence-corrected chi connectivity index (χ2v) is 5.20. The van der Waals surface area contributed by atoms with E-state index in [0.29, 0.717) is 18.8 Å². The highest BCUT2D eigenvalue weighted by atomic mass is 35.5. The van der Waals surface area contributed by atoms with E-state index in [0.717, 1.165) is 12.8 Å². The average molecular weight is 289 g/mol. The van der Waals surface area contributed by atoms with Crippen LogP contribution in [0.3, 0.4) is 0 Å². The Morgan fingerprint density at radius 2 is 2.17 bits per heavy atom. The summed E-state index contributed by atoms with van der Waals surface area (Å²) in [4.78, 5) is 13.9. The number of halogens is 2. The van der Waals surface area contributed by atoms with Crippen molar-refractivity contribution in [2.45, 2.75) is 18.9 Å². The summed E-state index contributed by atoms with van der Waals surface area (Å²) >= 11 is 11.9. The third-order valence-electron chi connectivity index (χ3n) is 2.96. The molecule has 1 heterocycles. The standard InChI is InChI=1S/C12H14Cl2N2O2/c13-10-5-7(15)4-9(11(10)14)12(18)16-3-1-2-8(17)6-16/h4-5,8,17H,1-3,6,15H2. The Morgan fingerprint density at radius 1 is 1.44 bits per heavy atom. The summed E-state index contributed by atoms with van der Waals surface area (Å²) in [5, 5.41) is 10.0. The lowest BCUT2D eigenvalue weighted by Gasteiger charge is -2.30. The highest BCUT2D eigenvalue weighted by molar-refractivity contribution is 6.44. The van der Waals surface area contributed by atoms with Crippen molar-refractivity contribution in [2.75, 3.05) is 18.8 Å². The van der Waals surface area contributed by atoms with Crippen LogP contribution in [0.2, 0.25) is 10.0 Å². The highest BCUT2D eigenvalue weighted by Crippen LogP contribution is 2.30. The molecule has 1 amide bonds. The van der Waals surface area contributed by atoms with Gasteiger partial charge in [-0.25, -0.2) is 0 Å². The van der Waals surface area contributed by atoms with Crippen molar-refractivity contribution in [3.8, 4) is 0 Å². The van der Waals surface area contributed by atoms with Crippen LogP contribution in [-0.2, 0) is 0 Å². The minimum absolute atomic E-state index is 0.205.